The molecule has 8 atom stereocenters. The molecule has 1 aromatic carbocycles. The number of nitrogens with zero attached hydrogens (tertiary/aromatic N) is 1. The number of methoxy groups -OCH3 is 1. The summed E-state index contributed by atoms with van der Waals surface area (Å²) in [6.07, 6.45) is 13.9. The van der Waals surface area contributed by atoms with Crippen LogP contribution in [-0.4, -0.2) is 60.1 Å². The molecule has 1 aromatic rings. The molecule has 2 aliphatic carbocycles. The third kappa shape index (κ3) is 4.98. The van der Waals surface area contributed by atoms with Crippen molar-refractivity contribution >= 4 is 23.4 Å². The van der Waals surface area contributed by atoms with E-state index in [1.54, 1.807) is 36.3 Å². The Hall–Kier alpha value is -3.13. The molecular weight excluding hydrogens is 518 g/mol. The van der Waals surface area contributed by atoms with Gasteiger partial charge in [-0.2, -0.15) is 0 Å². The van der Waals surface area contributed by atoms with Crippen LogP contribution in [0, 0.1) is 23.7 Å². The molecule has 1 saturated carbocycles. The lowest BCUT2D eigenvalue weighted by Crippen LogP contribution is -2.58. The molecule has 0 aromatic heterocycles. The molecule has 1 spiro atoms. The average Bonchev–Trinajstić information content (AvgIpc) is 3.62. The van der Waals surface area contributed by atoms with E-state index in [-0.39, 0.29) is 23.8 Å². The van der Waals surface area contributed by atoms with Crippen molar-refractivity contribution in [2.75, 3.05) is 19.0 Å². The molecule has 8 heteroatoms. The minimum atomic E-state index is -1.14. The molecule has 8 nitrogen and oxygen atoms in total. The van der Waals surface area contributed by atoms with Crippen LogP contribution < -0.4 is 15.4 Å². The lowest BCUT2D eigenvalue weighted by Gasteiger charge is -2.38. The average molecular weight is 562 g/mol. The molecule has 2 N–H and O–H groups in total. The molecule has 6 rings (SSSR count). The molecule has 220 valence electrons. The van der Waals surface area contributed by atoms with Crippen molar-refractivity contribution in [2.24, 2.45) is 23.7 Å². The van der Waals surface area contributed by atoms with Crippen LogP contribution in [0.3, 0.4) is 0 Å². The van der Waals surface area contributed by atoms with Gasteiger partial charge in [-0.15, -0.1) is 0 Å². The van der Waals surface area contributed by atoms with Crippen molar-refractivity contribution in [1.82, 2.24) is 10.2 Å². The number of carbonyl (C=O) groups excluding carboxylic acids is 3. The summed E-state index contributed by atoms with van der Waals surface area (Å²) in [6.45, 7) is 4.91. The smallest absolute Gasteiger partial charge is 0.246 e. The van der Waals surface area contributed by atoms with Gasteiger partial charge in [0, 0.05) is 18.3 Å². The van der Waals surface area contributed by atoms with Gasteiger partial charge < -0.3 is 25.0 Å². The van der Waals surface area contributed by atoms with Crippen molar-refractivity contribution in [1.29, 1.82) is 0 Å². The minimum absolute atomic E-state index is 0.0662. The van der Waals surface area contributed by atoms with Crippen molar-refractivity contribution in [2.45, 2.75) is 89.0 Å². The van der Waals surface area contributed by atoms with Crippen LogP contribution in [0.25, 0.3) is 0 Å². The highest BCUT2D eigenvalue weighted by molar-refractivity contribution is 6.02. The van der Waals surface area contributed by atoms with Gasteiger partial charge in [0.15, 0.2) is 0 Å². The van der Waals surface area contributed by atoms with E-state index in [9.17, 15) is 14.4 Å². The predicted octanol–water partition coefficient (Wildman–Crippen LogP) is 4.62. The molecule has 3 heterocycles. The number of hydrogen-bond acceptors (Lipinski definition) is 5. The molecule has 3 fully saturated rings. The first kappa shape index (κ1) is 28.0. The molecule has 5 aliphatic rings. The third-order valence-corrected chi connectivity index (χ3v) is 10.4. The van der Waals surface area contributed by atoms with Gasteiger partial charge in [0.05, 0.1) is 25.0 Å². The molecule has 3 aliphatic heterocycles. The molecule has 3 amide bonds. The summed E-state index contributed by atoms with van der Waals surface area (Å²) in [4.78, 5) is 43.8. The van der Waals surface area contributed by atoms with E-state index in [1.165, 1.54) is 18.4 Å². The van der Waals surface area contributed by atoms with Crippen LogP contribution in [0.4, 0.5) is 5.69 Å². The van der Waals surface area contributed by atoms with E-state index in [1.807, 2.05) is 12.2 Å². The Bertz CT molecular complexity index is 1240. The molecule has 0 radical (unpaired) electrons. The Morgan fingerprint density at radius 3 is 2.63 bits per heavy atom. The maximum atomic E-state index is 14.2. The van der Waals surface area contributed by atoms with E-state index in [4.69, 9.17) is 9.47 Å². The number of allylic oxidation sites excluding steroid dienone is 1. The molecule has 41 heavy (non-hydrogen) atoms. The summed E-state index contributed by atoms with van der Waals surface area (Å²) in [5, 5.41) is 6.32. The van der Waals surface area contributed by atoms with E-state index >= 15 is 0 Å². The van der Waals surface area contributed by atoms with Gasteiger partial charge >= 0.3 is 0 Å². The summed E-state index contributed by atoms with van der Waals surface area (Å²) in [5.74, 6) is -0.456. The van der Waals surface area contributed by atoms with Gasteiger partial charge in [0.25, 0.3) is 0 Å². The van der Waals surface area contributed by atoms with Gasteiger partial charge in [0.2, 0.25) is 17.7 Å². The van der Waals surface area contributed by atoms with Crippen LogP contribution in [0.1, 0.15) is 65.2 Å². The summed E-state index contributed by atoms with van der Waals surface area (Å²) in [6, 6.07) is 6.39. The van der Waals surface area contributed by atoms with Gasteiger partial charge in [-0.05, 0) is 74.6 Å². The number of anilines is 1. The van der Waals surface area contributed by atoms with Crippen LogP contribution in [0.5, 0.6) is 5.75 Å². The van der Waals surface area contributed by atoms with Gasteiger partial charge in [-0.3, -0.25) is 14.4 Å². The number of nitrogens with one attached hydrogen (secondary N) is 2. The van der Waals surface area contributed by atoms with E-state index < -0.39 is 29.6 Å². The standard InChI is InChI=1S/C33H43N3O5/c1-20-8-7-11-25(21(20)2)35-31(38)29-33-18-16-26(41-33)27(30(37)34-23-12-14-24(40-3)15-13-23)28(33)32(39)36(29)19-17-22-9-5-4-6-10-22/h9,12-16,18,20-21,25-29H,4-8,10-11,17,19H2,1-3H3,(H,34,37)(H,35,38)/t20-,21-,25-,26+,27-,28+,29+,33+/m1/s1. The van der Waals surface area contributed by atoms with Crippen molar-refractivity contribution in [3.05, 3.63) is 48.1 Å². The van der Waals surface area contributed by atoms with Crippen LogP contribution >= 0.6 is 0 Å². The first-order chi connectivity index (χ1) is 19.8. The molecular formula is C33H43N3O5. The quantitative estimate of drug-likeness (QED) is 0.452. The summed E-state index contributed by atoms with van der Waals surface area (Å²) >= 11 is 0. The SMILES string of the molecule is COc1ccc(NC(=O)[C@@H]2[C@@H]3C=C[C@]4(O3)[C@@H]2C(=O)N(CCC2=CCCCC2)[C@H]4C(=O)N[C@@H]2CCC[C@@H](C)[C@H]2C)cc1. The summed E-state index contributed by atoms with van der Waals surface area (Å²) < 4.78 is 11.8. The highest BCUT2D eigenvalue weighted by Gasteiger charge is 2.72. The number of amides is 3. The minimum Gasteiger partial charge on any atom is -0.497 e. The largest absolute Gasteiger partial charge is 0.497 e. The van der Waals surface area contributed by atoms with Gasteiger partial charge in [-0.25, -0.2) is 0 Å². The van der Waals surface area contributed by atoms with Crippen LogP contribution in [0.15, 0.2) is 48.1 Å². The monoisotopic (exact) mass is 561 g/mol. The Balaban J connectivity index is 1.27. The highest BCUT2D eigenvalue weighted by atomic mass is 16.5. The fraction of sp³-hybridized carbons (Fsp3) is 0.606. The fourth-order valence-corrected chi connectivity index (χ4v) is 7.85. The lowest BCUT2D eigenvalue weighted by molar-refractivity contribution is -0.141. The van der Waals surface area contributed by atoms with Crippen LogP contribution in [0.2, 0.25) is 0 Å². The predicted molar refractivity (Wildman–Crippen MR) is 156 cm³/mol. The lowest BCUT2D eigenvalue weighted by atomic mass is 9.73. The zero-order chi connectivity index (χ0) is 28.7. The van der Waals surface area contributed by atoms with Crippen molar-refractivity contribution in [3.63, 3.8) is 0 Å². The number of rotatable bonds is 8. The second-order valence-electron chi connectivity index (χ2n) is 12.7. The topological polar surface area (TPSA) is 97.0 Å². The zero-order valence-electron chi connectivity index (χ0n) is 24.4. The molecule has 2 bridgehead atoms. The van der Waals surface area contributed by atoms with Gasteiger partial charge in [-0.1, -0.05) is 50.5 Å². The Morgan fingerprint density at radius 1 is 1.10 bits per heavy atom. The number of benzene rings is 1. The van der Waals surface area contributed by atoms with E-state index in [0.29, 0.717) is 29.8 Å². The third-order valence-electron chi connectivity index (χ3n) is 10.4. The number of hydrogen-bond donors (Lipinski definition) is 2. The van der Waals surface area contributed by atoms with Gasteiger partial charge in [0.1, 0.15) is 17.4 Å². The second kappa shape index (κ2) is 11.3. The van der Waals surface area contributed by atoms with Crippen molar-refractivity contribution in [3.8, 4) is 5.75 Å². The Labute approximate surface area is 242 Å². The number of likely N-dealkylation sites (tertiary alicyclic amines) is 1. The Morgan fingerprint density at radius 2 is 1.90 bits per heavy atom. The number of ether oxygens (including phenoxy) is 2. The van der Waals surface area contributed by atoms with Crippen LogP contribution in [-0.2, 0) is 19.1 Å². The fourth-order valence-electron chi connectivity index (χ4n) is 7.85. The normalized spacial score (nSPS) is 35.7. The molecule has 0 unspecified atom stereocenters. The maximum Gasteiger partial charge on any atom is 0.246 e. The van der Waals surface area contributed by atoms with E-state index in [2.05, 4.69) is 30.6 Å². The zero-order valence-corrected chi connectivity index (χ0v) is 24.4. The number of carbonyl (C=O) groups is 3. The number of fused-ring (bicyclic) bond motifs is 1. The van der Waals surface area contributed by atoms with E-state index in [0.717, 1.165) is 38.5 Å². The maximum absolute atomic E-state index is 14.2. The summed E-state index contributed by atoms with van der Waals surface area (Å²) in [7, 11) is 1.59. The highest BCUT2D eigenvalue weighted by Crippen LogP contribution is 2.55. The molecule has 2 saturated heterocycles. The second-order valence-corrected chi connectivity index (χ2v) is 12.7. The summed E-state index contributed by atoms with van der Waals surface area (Å²) in [5.41, 5.74) is 0.831. The first-order valence-electron chi connectivity index (χ1n) is 15.4. The van der Waals surface area contributed by atoms with Crippen molar-refractivity contribution < 1.29 is 23.9 Å². The first-order valence-corrected chi connectivity index (χ1v) is 15.4. The Kier molecular flexibility index (Phi) is 7.70.